The van der Waals surface area contributed by atoms with Gasteiger partial charge in [0, 0.05) is 24.9 Å². The largest absolute Gasteiger partial charge is 0.334 e. The Morgan fingerprint density at radius 3 is 2.67 bits per heavy atom. The van der Waals surface area contributed by atoms with Crippen LogP contribution in [-0.2, 0) is 16.0 Å². The second-order valence-electron chi connectivity index (χ2n) is 6.88. The second kappa shape index (κ2) is 8.65. The molecule has 4 nitrogen and oxygen atoms in total. The summed E-state index contributed by atoms with van der Waals surface area (Å²) in [6.45, 7) is 4.86. The van der Waals surface area contributed by atoms with E-state index in [2.05, 4.69) is 6.92 Å². The summed E-state index contributed by atoms with van der Waals surface area (Å²) in [5.74, 6) is -0.434. The van der Waals surface area contributed by atoms with Crippen LogP contribution in [0.3, 0.4) is 0 Å². The number of hydrogen-bond acceptors (Lipinski definition) is 3. The maximum Gasteiger partial charge on any atom is 0.242 e. The fraction of sp³-hybridized carbons (Fsp3) is 0.429. The van der Waals surface area contributed by atoms with Crippen LogP contribution in [0.15, 0.2) is 35.7 Å². The van der Waals surface area contributed by atoms with Gasteiger partial charge in [-0.2, -0.15) is 0 Å². The summed E-state index contributed by atoms with van der Waals surface area (Å²) >= 11 is 1.69. The highest BCUT2D eigenvalue weighted by atomic mass is 32.1. The van der Waals surface area contributed by atoms with E-state index in [9.17, 15) is 14.0 Å². The van der Waals surface area contributed by atoms with Crippen molar-refractivity contribution < 1.29 is 14.0 Å². The van der Waals surface area contributed by atoms with Gasteiger partial charge in [0.2, 0.25) is 11.8 Å². The minimum atomic E-state index is -0.291. The lowest BCUT2D eigenvalue weighted by Crippen LogP contribution is -2.46. The lowest BCUT2D eigenvalue weighted by molar-refractivity contribution is -0.140. The normalized spacial score (nSPS) is 16.1. The van der Waals surface area contributed by atoms with E-state index in [-0.39, 0.29) is 30.2 Å². The third-order valence-electron chi connectivity index (χ3n) is 5.03. The van der Waals surface area contributed by atoms with E-state index in [0.717, 1.165) is 30.4 Å². The molecule has 27 heavy (non-hydrogen) atoms. The fourth-order valence-electron chi connectivity index (χ4n) is 3.54. The number of benzene rings is 1. The number of amides is 2. The molecule has 1 aliphatic rings. The van der Waals surface area contributed by atoms with Crippen molar-refractivity contribution in [2.24, 2.45) is 0 Å². The molecular weight excluding hydrogens is 363 g/mol. The quantitative estimate of drug-likeness (QED) is 0.750. The average Bonchev–Trinajstić information content (AvgIpc) is 3.13. The second-order valence-corrected chi connectivity index (χ2v) is 7.89. The minimum absolute atomic E-state index is 0.0625. The summed E-state index contributed by atoms with van der Waals surface area (Å²) in [6, 6.07) is 8.17. The van der Waals surface area contributed by atoms with Gasteiger partial charge in [-0.05, 0) is 47.5 Å². The number of hydrogen-bond donors (Lipinski definition) is 0. The monoisotopic (exact) mass is 388 g/mol. The Kier molecular flexibility index (Phi) is 6.26. The van der Waals surface area contributed by atoms with Crippen molar-refractivity contribution in [2.45, 2.75) is 39.2 Å². The summed E-state index contributed by atoms with van der Waals surface area (Å²) in [7, 11) is 0. The molecule has 1 aliphatic heterocycles. The molecule has 2 heterocycles. The smallest absolute Gasteiger partial charge is 0.242 e. The Morgan fingerprint density at radius 2 is 2.00 bits per heavy atom. The number of nitrogens with zero attached hydrogens (tertiary/aromatic N) is 2. The lowest BCUT2D eigenvalue weighted by Gasteiger charge is -2.37. The molecule has 1 aromatic carbocycles. The number of thiophene rings is 1. The van der Waals surface area contributed by atoms with Crippen LogP contribution in [0.5, 0.6) is 0 Å². The molecule has 1 atom stereocenters. The SMILES string of the molecule is CCCCN(CC(=O)N1CCc2sccc2C1c1ccc(F)cc1)C(C)=O. The van der Waals surface area contributed by atoms with Gasteiger partial charge in [-0.15, -0.1) is 11.3 Å². The molecule has 6 heteroatoms. The van der Waals surface area contributed by atoms with E-state index in [1.165, 1.54) is 23.9 Å². The van der Waals surface area contributed by atoms with Gasteiger partial charge < -0.3 is 9.80 Å². The van der Waals surface area contributed by atoms with E-state index in [4.69, 9.17) is 0 Å². The van der Waals surface area contributed by atoms with Crippen molar-refractivity contribution in [2.75, 3.05) is 19.6 Å². The first-order valence-electron chi connectivity index (χ1n) is 9.38. The number of unbranched alkanes of at least 4 members (excludes halogenated alkanes) is 1. The Bertz CT molecular complexity index is 803. The Labute approximate surface area is 163 Å². The van der Waals surface area contributed by atoms with E-state index >= 15 is 0 Å². The fourth-order valence-corrected chi connectivity index (χ4v) is 4.44. The van der Waals surface area contributed by atoms with Crippen molar-refractivity contribution in [3.05, 3.63) is 57.5 Å². The van der Waals surface area contributed by atoms with Crippen LogP contribution in [0.2, 0.25) is 0 Å². The molecule has 0 aliphatic carbocycles. The van der Waals surface area contributed by atoms with E-state index in [1.54, 1.807) is 28.4 Å². The minimum Gasteiger partial charge on any atom is -0.334 e. The zero-order valence-corrected chi connectivity index (χ0v) is 16.6. The predicted octanol–water partition coefficient (Wildman–Crippen LogP) is 4.01. The molecule has 1 aromatic heterocycles. The molecular formula is C21H25FN2O2S. The van der Waals surface area contributed by atoms with Crippen LogP contribution in [0.25, 0.3) is 0 Å². The molecule has 0 radical (unpaired) electrons. The van der Waals surface area contributed by atoms with Crippen LogP contribution in [-0.4, -0.2) is 41.2 Å². The van der Waals surface area contributed by atoms with Gasteiger partial charge in [-0.3, -0.25) is 9.59 Å². The Hall–Kier alpha value is -2.21. The van der Waals surface area contributed by atoms with Gasteiger partial charge >= 0.3 is 0 Å². The lowest BCUT2D eigenvalue weighted by atomic mass is 9.93. The van der Waals surface area contributed by atoms with Crippen LogP contribution < -0.4 is 0 Å². The van der Waals surface area contributed by atoms with Gasteiger partial charge in [0.25, 0.3) is 0 Å². The van der Waals surface area contributed by atoms with E-state index in [1.807, 2.05) is 16.3 Å². The first kappa shape index (κ1) is 19.5. The van der Waals surface area contributed by atoms with Crippen LogP contribution in [0.4, 0.5) is 4.39 Å². The number of fused-ring (bicyclic) bond motifs is 1. The molecule has 0 N–H and O–H groups in total. The number of carbonyl (C=O) groups is 2. The maximum atomic E-state index is 13.4. The van der Waals surface area contributed by atoms with Crippen molar-refractivity contribution >= 4 is 23.2 Å². The van der Waals surface area contributed by atoms with E-state index < -0.39 is 0 Å². The Balaban J connectivity index is 1.87. The van der Waals surface area contributed by atoms with E-state index in [0.29, 0.717) is 13.1 Å². The average molecular weight is 389 g/mol. The molecule has 2 amide bonds. The first-order chi connectivity index (χ1) is 13.0. The molecule has 2 aromatic rings. The summed E-state index contributed by atoms with van der Waals surface area (Å²) in [5, 5.41) is 2.04. The summed E-state index contributed by atoms with van der Waals surface area (Å²) in [4.78, 5) is 29.8. The highest BCUT2D eigenvalue weighted by Crippen LogP contribution is 2.37. The van der Waals surface area contributed by atoms with Crippen molar-refractivity contribution in [1.29, 1.82) is 0 Å². The standard InChI is InChI=1S/C21H25FN2O2S/c1-3-4-11-23(15(2)25)14-20(26)24-12-9-19-18(10-13-27-19)21(24)16-5-7-17(22)8-6-16/h5-8,10,13,21H,3-4,9,11-12,14H2,1-2H3. The molecule has 0 spiro atoms. The maximum absolute atomic E-state index is 13.4. The summed E-state index contributed by atoms with van der Waals surface area (Å²) < 4.78 is 13.4. The van der Waals surface area contributed by atoms with Gasteiger partial charge in [-0.25, -0.2) is 4.39 Å². The zero-order valence-electron chi connectivity index (χ0n) is 15.8. The summed E-state index contributed by atoms with van der Waals surface area (Å²) in [6.07, 6.45) is 2.66. The zero-order chi connectivity index (χ0) is 19.4. The molecule has 3 rings (SSSR count). The number of carbonyl (C=O) groups excluding carboxylic acids is 2. The van der Waals surface area contributed by atoms with Crippen LogP contribution >= 0.6 is 11.3 Å². The van der Waals surface area contributed by atoms with Gasteiger partial charge in [0.05, 0.1) is 12.6 Å². The number of rotatable bonds is 6. The van der Waals surface area contributed by atoms with Gasteiger partial charge in [0.1, 0.15) is 5.82 Å². The molecule has 1 unspecified atom stereocenters. The topological polar surface area (TPSA) is 40.6 Å². The van der Waals surface area contributed by atoms with Gasteiger partial charge in [0.15, 0.2) is 0 Å². The van der Waals surface area contributed by atoms with Crippen LogP contribution in [0, 0.1) is 5.82 Å². The first-order valence-corrected chi connectivity index (χ1v) is 10.3. The van der Waals surface area contributed by atoms with Crippen molar-refractivity contribution in [3.8, 4) is 0 Å². The molecule has 144 valence electrons. The predicted molar refractivity (Wildman–Crippen MR) is 105 cm³/mol. The number of halogens is 1. The van der Waals surface area contributed by atoms with Crippen molar-refractivity contribution in [1.82, 2.24) is 9.80 Å². The summed E-state index contributed by atoms with van der Waals surface area (Å²) in [5.41, 5.74) is 2.00. The molecule has 0 saturated carbocycles. The van der Waals surface area contributed by atoms with Crippen LogP contribution in [0.1, 0.15) is 48.7 Å². The molecule has 0 bridgehead atoms. The van der Waals surface area contributed by atoms with Crippen molar-refractivity contribution in [3.63, 3.8) is 0 Å². The van der Waals surface area contributed by atoms with Gasteiger partial charge in [-0.1, -0.05) is 25.5 Å². The highest BCUT2D eigenvalue weighted by Gasteiger charge is 2.33. The highest BCUT2D eigenvalue weighted by molar-refractivity contribution is 7.10. The third-order valence-corrected chi connectivity index (χ3v) is 6.02. The Morgan fingerprint density at radius 1 is 1.26 bits per heavy atom. The molecule has 0 fully saturated rings. The molecule has 0 saturated heterocycles. The third kappa shape index (κ3) is 4.38.